The molecule has 130 valence electrons. The lowest BCUT2D eigenvalue weighted by Gasteiger charge is -2.28. The number of nitrogens with one attached hydrogen (secondary N) is 1. The van der Waals surface area contributed by atoms with Gasteiger partial charge >= 0.3 is 0 Å². The molecule has 0 aliphatic carbocycles. The molecule has 1 aliphatic heterocycles. The lowest BCUT2D eigenvalue weighted by Crippen LogP contribution is -2.36. The molecule has 0 bridgehead atoms. The summed E-state index contributed by atoms with van der Waals surface area (Å²) in [6.07, 6.45) is 3.12. The number of hydrogen-bond acceptors (Lipinski definition) is 3. The number of carbonyl (C=O) groups is 1. The Morgan fingerprint density at radius 1 is 1.08 bits per heavy atom. The fourth-order valence-corrected chi connectivity index (χ4v) is 2.64. The molecule has 0 saturated carbocycles. The minimum atomic E-state index is -0.290. The van der Waals surface area contributed by atoms with Gasteiger partial charge in [-0.2, -0.15) is 0 Å². The van der Waals surface area contributed by atoms with Gasteiger partial charge in [0.25, 0.3) is 0 Å². The van der Waals surface area contributed by atoms with Crippen molar-refractivity contribution in [2.75, 3.05) is 31.2 Å². The lowest BCUT2D eigenvalue weighted by molar-refractivity contribution is -0.116. The summed E-state index contributed by atoms with van der Waals surface area (Å²) in [6.45, 7) is 3.81. The maximum absolute atomic E-state index is 12.8. The van der Waals surface area contributed by atoms with E-state index >= 15 is 0 Å². The maximum Gasteiger partial charge on any atom is 0.244 e. The Hall–Kier alpha value is -2.66. The molecule has 1 heterocycles. The van der Waals surface area contributed by atoms with Gasteiger partial charge in [0.05, 0.1) is 13.2 Å². The third-order valence-electron chi connectivity index (χ3n) is 4.08. The number of hydrogen-bond donors (Lipinski definition) is 1. The first-order valence-electron chi connectivity index (χ1n) is 8.34. The van der Waals surface area contributed by atoms with Gasteiger partial charge in [-0.25, -0.2) is 4.39 Å². The largest absolute Gasteiger partial charge is 0.378 e. The van der Waals surface area contributed by atoms with Crippen molar-refractivity contribution >= 4 is 17.7 Å². The molecular formula is C20H21FN2O2. The number of halogens is 1. The predicted molar refractivity (Wildman–Crippen MR) is 96.8 cm³/mol. The van der Waals surface area contributed by atoms with E-state index in [0.29, 0.717) is 6.54 Å². The second-order valence-electron chi connectivity index (χ2n) is 5.87. The van der Waals surface area contributed by atoms with Gasteiger partial charge in [-0.3, -0.25) is 4.79 Å². The van der Waals surface area contributed by atoms with Crippen LogP contribution in [0, 0.1) is 5.82 Å². The molecule has 5 heteroatoms. The van der Waals surface area contributed by atoms with E-state index in [0.717, 1.165) is 37.4 Å². The van der Waals surface area contributed by atoms with Crippen LogP contribution in [0.25, 0.3) is 6.08 Å². The van der Waals surface area contributed by atoms with Crippen molar-refractivity contribution in [3.63, 3.8) is 0 Å². The van der Waals surface area contributed by atoms with E-state index in [1.165, 1.54) is 23.9 Å². The second kappa shape index (κ2) is 8.44. The van der Waals surface area contributed by atoms with Crippen LogP contribution < -0.4 is 10.2 Å². The van der Waals surface area contributed by atoms with Crippen molar-refractivity contribution in [1.82, 2.24) is 5.32 Å². The first kappa shape index (κ1) is 17.2. The molecule has 0 unspecified atom stereocenters. The monoisotopic (exact) mass is 340 g/mol. The highest BCUT2D eigenvalue weighted by Gasteiger charge is 2.10. The highest BCUT2D eigenvalue weighted by molar-refractivity contribution is 5.91. The molecule has 4 nitrogen and oxygen atoms in total. The van der Waals surface area contributed by atoms with Crippen molar-refractivity contribution in [2.24, 2.45) is 0 Å². The zero-order chi connectivity index (χ0) is 17.5. The van der Waals surface area contributed by atoms with Crippen LogP contribution in [0.5, 0.6) is 0 Å². The van der Waals surface area contributed by atoms with E-state index in [9.17, 15) is 9.18 Å². The van der Waals surface area contributed by atoms with Gasteiger partial charge in [0.15, 0.2) is 0 Å². The van der Waals surface area contributed by atoms with Crippen molar-refractivity contribution < 1.29 is 13.9 Å². The number of morpholine rings is 1. The summed E-state index contributed by atoms with van der Waals surface area (Å²) in [5, 5.41) is 2.85. The van der Waals surface area contributed by atoms with E-state index in [1.807, 2.05) is 12.1 Å². The maximum atomic E-state index is 12.8. The Labute approximate surface area is 146 Å². The molecule has 1 N–H and O–H groups in total. The highest BCUT2D eigenvalue weighted by Crippen LogP contribution is 2.16. The summed E-state index contributed by atoms with van der Waals surface area (Å²) >= 11 is 0. The average Bonchev–Trinajstić information content (AvgIpc) is 2.67. The number of rotatable bonds is 5. The van der Waals surface area contributed by atoms with E-state index in [2.05, 4.69) is 22.3 Å². The summed E-state index contributed by atoms with van der Waals surface area (Å²) < 4.78 is 18.2. The fraction of sp³-hybridized carbons (Fsp3) is 0.250. The molecule has 0 aromatic heterocycles. The van der Waals surface area contributed by atoms with Gasteiger partial charge in [0.1, 0.15) is 5.82 Å². The minimum Gasteiger partial charge on any atom is -0.378 e. The van der Waals surface area contributed by atoms with Gasteiger partial charge in [-0.15, -0.1) is 0 Å². The Balaban J connectivity index is 1.49. The third-order valence-corrected chi connectivity index (χ3v) is 4.08. The summed E-state index contributed by atoms with van der Waals surface area (Å²) in [7, 11) is 0. The third kappa shape index (κ3) is 5.16. The molecule has 0 radical (unpaired) electrons. The van der Waals surface area contributed by atoms with Crippen LogP contribution >= 0.6 is 0 Å². The predicted octanol–water partition coefficient (Wildman–Crippen LogP) is 2.99. The van der Waals surface area contributed by atoms with Crippen molar-refractivity contribution in [1.29, 1.82) is 0 Å². The van der Waals surface area contributed by atoms with Crippen molar-refractivity contribution in [2.45, 2.75) is 6.54 Å². The quantitative estimate of drug-likeness (QED) is 0.851. The van der Waals surface area contributed by atoms with Crippen LogP contribution in [-0.4, -0.2) is 32.2 Å². The van der Waals surface area contributed by atoms with E-state index < -0.39 is 0 Å². The van der Waals surface area contributed by atoms with Gasteiger partial charge in [0.2, 0.25) is 5.91 Å². The molecule has 2 aromatic carbocycles. The Kier molecular flexibility index (Phi) is 5.80. The Morgan fingerprint density at radius 3 is 2.44 bits per heavy atom. The van der Waals surface area contributed by atoms with Crippen LogP contribution in [0.1, 0.15) is 11.1 Å². The van der Waals surface area contributed by atoms with Crippen LogP contribution in [0.4, 0.5) is 10.1 Å². The number of nitrogens with zero attached hydrogens (tertiary/aromatic N) is 1. The average molecular weight is 340 g/mol. The molecule has 0 atom stereocenters. The molecule has 1 aliphatic rings. The SMILES string of the molecule is O=C(/C=C/c1ccc(F)cc1)NCc1ccc(N2CCOCC2)cc1. The topological polar surface area (TPSA) is 41.6 Å². The summed E-state index contributed by atoms with van der Waals surface area (Å²) in [5.41, 5.74) is 3.00. The molecule has 1 amide bonds. The first-order chi connectivity index (χ1) is 12.2. The molecule has 3 rings (SSSR count). The Bertz CT molecular complexity index is 720. The normalized spacial score (nSPS) is 14.7. The van der Waals surface area contributed by atoms with Gasteiger partial charge < -0.3 is 15.0 Å². The van der Waals surface area contributed by atoms with Gasteiger partial charge in [0, 0.05) is 31.4 Å². The number of anilines is 1. The number of benzene rings is 2. The van der Waals surface area contributed by atoms with E-state index in [-0.39, 0.29) is 11.7 Å². The van der Waals surface area contributed by atoms with Crippen LogP contribution in [0.15, 0.2) is 54.6 Å². The van der Waals surface area contributed by atoms with Crippen molar-refractivity contribution in [3.8, 4) is 0 Å². The minimum absolute atomic E-state index is 0.179. The van der Waals surface area contributed by atoms with Crippen molar-refractivity contribution in [3.05, 3.63) is 71.6 Å². The van der Waals surface area contributed by atoms with E-state index in [1.54, 1.807) is 18.2 Å². The lowest BCUT2D eigenvalue weighted by atomic mass is 10.2. The zero-order valence-electron chi connectivity index (χ0n) is 14.0. The summed E-state index contributed by atoms with van der Waals surface area (Å²) in [6, 6.07) is 14.2. The fourth-order valence-electron chi connectivity index (χ4n) is 2.64. The molecule has 25 heavy (non-hydrogen) atoms. The zero-order valence-corrected chi connectivity index (χ0v) is 14.0. The molecule has 0 spiro atoms. The van der Waals surface area contributed by atoms with Gasteiger partial charge in [-0.1, -0.05) is 24.3 Å². The molecular weight excluding hydrogens is 319 g/mol. The van der Waals surface area contributed by atoms with Crippen LogP contribution in [0.3, 0.4) is 0 Å². The first-order valence-corrected chi connectivity index (χ1v) is 8.34. The molecule has 1 fully saturated rings. The van der Waals surface area contributed by atoms with Crippen LogP contribution in [0.2, 0.25) is 0 Å². The van der Waals surface area contributed by atoms with Gasteiger partial charge in [-0.05, 0) is 41.5 Å². The van der Waals surface area contributed by atoms with Crippen LogP contribution in [-0.2, 0) is 16.1 Å². The summed E-state index contributed by atoms with van der Waals surface area (Å²) in [5.74, 6) is -0.469. The number of ether oxygens (including phenoxy) is 1. The molecule has 2 aromatic rings. The second-order valence-corrected chi connectivity index (χ2v) is 5.87. The van der Waals surface area contributed by atoms with E-state index in [4.69, 9.17) is 4.74 Å². The Morgan fingerprint density at radius 2 is 1.76 bits per heavy atom. The number of carbonyl (C=O) groups excluding carboxylic acids is 1. The highest BCUT2D eigenvalue weighted by atomic mass is 19.1. The smallest absolute Gasteiger partial charge is 0.244 e. The standard InChI is InChI=1S/C20H21FN2O2/c21-18-6-1-16(2-7-18)5-10-20(24)22-15-17-3-8-19(9-4-17)23-11-13-25-14-12-23/h1-10H,11-15H2,(H,22,24)/b10-5+. The molecule has 1 saturated heterocycles. The number of amides is 1. The summed E-state index contributed by atoms with van der Waals surface area (Å²) in [4.78, 5) is 14.2.